The van der Waals surface area contributed by atoms with Gasteiger partial charge in [0.05, 0.1) is 12.6 Å². The van der Waals surface area contributed by atoms with Crippen molar-refractivity contribution in [1.29, 1.82) is 0 Å². The number of aliphatic hydroxyl groups is 1. The van der Waals surface area contributed by atoms with E-state index < -0.39 is 24.8 Å². The van der Waals surface area contributed by atoms with Gasteiger partial charge in [-0.3, -0.25) is 4.79 Å². The van der Waals surface area contributed by atoms with Crippen molar-refractivity contribution in [3.8, 4) is 0 Å². The Labute approximate surface area is 82.6 Å². The number of likely N-dealkylation sites (tertiary alicyclic amines) is 1. The molecule has 1 fully saturated rings. The predicted octanol–water partition coefficient (Wildman–Crippen LogP) is -0.0474. The van der Waals surface area contributed by atoms with Gasteiger partial charge in [0, 0.05) is 6.54 Å². The van der Waals surface area contributed by atoms with Crippen molar-refractivity contribution in [2.75, 3.05) is 19.7 Å². The summed E-state index contributed by atoms with van der Waals surface area (Å²) in [7, 11) is 0. The zero-order chi connectivity index (χ0) is 10.7. The fraction of sp³-hybridized carbons (Fsp3) is 0.889. The normalized spacial score (nSPS) is 27.4. The van der Waals surface area contributed by atoms with Gasteiger partial charge >= 0.3 is 0 Å². The minimum atomic E-state index is -1.15. The van der Waals surface area contributed by atoms with Gasteiger partial charge < -0.3 is 14.7 Å². The molecule has 0 unspecified atom stereocenters. The molecule has 14 heavy (non-hydrogen) atoms. The van der Waals surface area contributed by atoms with E-state index in [2.05, 4.69) is 0 Å². The topological polar surface area (TPSA) is 49.8 Å². The zero-order valence-electron chi connectivity index (χ0n) is 8.44. The molecule has 1 saturated heterocycles. The van der Waals surface area contributed by atoms with E-state index in [9.17, 15) is 9.18 Å². The highest BCUT2D eigenvalue weighted by molar-refractivity contribution is 5.77. The summed E-state index contributed by atoms with van der Waals surface area (Å²) in [4.78, 5) is 12.3. The van der Waals surface area contributed by atoms with Crippen LogP contribution in [0.4, 0.5) is 4.39 Å². The standard InChI is InChI=1S/C9H16FNO3/c1-6(2)14-8-4-11(3-7(8)10)9(13)5-12/h6-8,12H,3-5H2,1-2H3/t7-,8-/m1/s1. The average Bonchev–Trinajstić information content (AvgIpc) is 2.46. The smallest absolute Gasteiger partial charge is 0.248 e. The second-order valence-electron chi connectivity index (χ2n) is 3.70. The van der Waals surface area contributed by atoms with Crippen LogP contribution in [-0.4, -0.2) is 54.0 Å². The Morgan fingerprint density at radius 1 is 1.64 bits per heavy atom. The maximum Gasteiger partial charge on any atom is 0.248 e. The van der Waals surface area contributed by atoms with E-state index in [1.165, 1.54) is 4.90 Å². The minimum Gasteiger partial charge on any atom is -0.387 e. The van der Waals surface area contributed by atoms with Gasteiger partial charge in [0.1, 0.15) is 18.9 Å². The Kier molecular flexibility index (Phi) is 3.83. The molecule has 1 amide bonds. The molecule has 82 valence electrons. The number of nitrogens with zero attached hydrogens (tertiary/aromatic N) is 1. The molecule has 1 aliphatic heterocycles. The summed E-state index contributed by atoms with van der Waals surface area (Å²) in [5.41, 5.74) is 0. The lowest BCUT2D eigenvalue weighted by atomic mass is 10.3. The molecular weight excluding hydrogens is 189 g/mol. The number of hydrogen-bond donors (Lipinski definition) is 1. The molecule has 0 aromatic heterocycles. The van der Waals surface area contributed by atoms with Crippen molar-refractivity contribution in [2.45, 2.75) is 32.2 Å². The Hall–Kier alpha value is -0.680. The van der Waals surface area contributed by atoms with Crippen LogP contribution in [0.2, 0.25) is 0 Å². The molecule has 0 aliphatic carbocycles. The van der Waals surface area contributed by atoms with Crippen LogP contribution >= 0.6 is 0 Å². The summed E-state index contributed by atoms with van der Waals surface area (Å²) in [6, 6.07) is 0. The minimum absolute atomic E-state index is 0.0246. The van der Waals surface area contributed by atoms with E-state index in [0.717, 1.165) is 0 Å². The van der Waals surface area contributed by atoms with Crippen molar-refractivity contribution in [1.82, 2.24) is 4.90 Å². The first-order valence-electron chi connectivity index (χ1n) is 4.72. The van der Waals surface area contributed by atoms with Crippen LogP contribution in [-0.2, 0) is 9.53 Å². The van der Waals surface area contributed by atoms with E-state index >= 15 is 0 Å². The van der Waals surface area contributed by atoms with Gasteiger partial charge in [-0.1, -0.05) is 0 Å². The highest BCUT2D eigenvalue weighted by Crippen LogP contribution is 2.18. The van der Waals surface area contributed by atoms with Crippen LogP contribution < -0.4 is 0 Å². The summed E-state index contributed by atoms with van der Waals surface area (Å²) in [6.45, 7) is 3.34. The number of carbonyl (C=O) groups is 1. The van der Waals surface area contributed by atoms with Gasteiger partial charge in [-0.05, 0) is 13.8 Å². The molecule has 5 heteroatoms. The number of rotatable bonds is 3. The summed E-state index contributed by atoms with van der Waals surface area (Å²) < 4.78 is 18.6. The first-order chi connectivity index (χ1) is 6.54. The van der Waals surface area contributed by atoms with Crippen LogP contribution in [0, 0.1) is 0 Å². The van der Waals surface area contributed by atoms with Crippen LogP contribution in [0.25, 0.3) is 0 Å². The first kappa shape index (κ1) is 11.4. The van der Waals surface area contributed by atoms with Crippen LogP contribution in [0.3, 0.4) is 0 Å². The van der Waals surface area contributed by atoms with Gasteiger partial charge in [0.15, 0.2) is 0 Å². The molecule has 0 radical (unpaired) electrons. The highest BCUT2D eigenvalue weighted by Gasteiger charge is 2.36. The second kappa shape index (κ2) is 4.70. The lowest BCUT2D eigenvalue weighted by molar-refractivity contribution is -0.133. The molecule has 0 spiro atoms. The van der Waals surface area contributed by atoms with Gasteiger partial charge in [-0.2, -0.15) is 0 Å². The largest absolute Gasteiger partial charge is 0.387 e. The number of ether oxygens (including phenoxy) is 1. The van der Waals surface area contributed by atoms with Crippen LogP contribution in [0.1, 0.15) is 13.8 Å². The van der Waals surface area contributed by atoms with E-state index in [4.69, 9.17) is 9.84 Å². The fourth-order valence-electron chi connectivity index (χ4n) is 1.52. The van der Waals surface area contributed by atoms with E-state index in [1.807, 2.05) is 13.8 Å². The van der Waals surface area contributed by atoms with Crippen molar-refractivity contribution in [3.63, 3.8) is 0 Å². The Bertz CT molecular complexity index is 210. The van der Waals surface area contributed by atoms with Crippen molar-refractivity contribution in [3.05, 3.63) is 0 Å². The van der Waals surface area contributed by atoms with Crippen molar-refractivity contribution >= 4 is 5.91 Å². The fourth-order valence-corrected chi connectivity index (χ4v) is 1.52. The van der Waals surface area contributed by atoms with Crippen LogP contribution in [0.5, 0.6) is 0 Å². The third-order valence-electron chi connectivity index (χ3n) is 2.13. The molecule has 1 aliphatic rings. The number of aliphatic hydroxyl groups excluding tert-OH is 1. The van der Waals surface area contributed by atoms with E-state index in [1.54, 1.807) is 0 Å². The molecule has 0 saturated carbocycles. The molecule has 1 rings (SSSR count). The van der Waals surface area contributed by atoms with Crippen molar-refractivity contribution in [2.24, 2.45) is 0 Å². The quantitative estimate of drug-likeness (QED) is 0.703. The summed E-state index contributed by atoms with van der Waals surface area (Å²) >= 11 is 0. The summed E-state index contributed by atoms with van der Waals surface area (Å²) in [6.07, 6.45) is -1.75. The van der Waals surface area contributed by atoms with Gasteiger partial charge in [0.2, 0.25) is 5.91 Å². The van der Waals surface area contributed by atoms with Crippen LogP contribution in [0.15, 0.2) is 0 Å². The molecule has 0 aromatic rings. The molecule has 4 nitrogen and oxygen atoms in total. The average molecular weight is 205 g/mol. The number of alkyl halides is 1. The lowest BCUT2D eigenvalue weighted by Crippen LogP contribution is -2.32. The highest BCUT2D eigenvalue weighted by atomic mass is 19.1. The first-order valence-corrected chi connectivity index (χ1v) is 4.72. The zero-order valence-corrected chi connectivity index (χ0v) is 8.44. The third-order valence-corrected chi connectivity index (χ3v) is 2.13. The number of amides is 1. The summed E-state index contributed by atoms with van der Waals surface area (Å²) in [5.74, 6) is -0.442. The van der Waals surface area contributed by atoms with Gasteiger partial charge in [0.25, 0.3) is 0 Å². The SMILES string of the molecule is CC(C)O[C@@H]1CN(C(=O)CO)C[C@H]1F. The van der Waals surface area contributed by atoms with Gasteiger partial charge in [-0.15, -0.1) is 0 Å². The molecular formula is C9H16FNO3. The number of carbonyl (C=O) groups excluding carboxylic acids is 1. The monoisotopic (exact) mass is 205 g/mol. The number of halogens is 1. The Balaban J connectivity index is 2.47. The predicted molar refractivity (Wildman–Crippen MR) is 48.6 cm³/mol. The lowest BCUT2D eigenvalue weighted by Gasteiger charge is -2.17. The number of hydrogen-bond acceptors (Lipinski definition) is 3. The van der Waals surface area contributed by atoms with E-state index in [0.29, 0.717) is 0 Å². The molecule has 0 bridgehead atoms. The molecule has 0 aromatic carbocycles. The van der Waals surface area contributed by atoms with Crippen molar-refractivity contribution < 1.29 is 19.0 Å². The van der Waals surface area contributed by atoms with E-state index in [-0.39, 0.29) is 19.2 Å². The maximum atomic E-state index is 13.3. The third kappa shape index (κ3) is 2.65. The molecule has 1 heterocycles. The van der Waals surface area contributed by atoms with Gasteiger partial charge in [-0.25, -0.2) is 4.39 Å². The Morgan fingerprint density at radius 3 is 2.79 bits per heavy atom. The summed E-state index contributed by atoms with van der Waals surface area (Å²) in [5, 5.41) is 8.60. The second-order valence-corrected chi connectivity index (χ2v) is 3.70. The maximum absolute atomic E-state index is 13.3. The Morgan fingerprint density at radius 2 is 2.29 bits per heavy atom. The molecule has 1 N–H and O–H groups in total. The molecule has 2 atom stereocenters.